The van der Waals surface area contributed by atoms with Gasteiger partial charge in [0.05, 0.1) is 32.0 Å². The molecule has 10 nitrogen and oxygen atoms in total. The zero-order chi connectivity index (χ0) is 24.1. The number of aromatic nitrogens is 2. The first-order valence-corrected chi connectivity index (χ1v) is 11.7. The van der Waals surface area contributed by atoms with Crippen molar-refractivity contribution in [1.82, 2.24) is 20.4 Å². The summed E-state index contributed by atoms with van der Waals surface area (Å²) in [7, 11) is 1.61. The van der Waals surface area contributed by atoms with Crippen LogP contribution in [-0.4, -0.2) is 72.5 Å². The van der Waals surface area contributed by atoms with Crippen LogP contribution >= 0.6 is 11.6 Å². The summed E-state index contributed by atoms with van der Waals surface area (Å²) in [5.74, 6) is 0.835. The summed E-state index contributed by atoms with van der Waals surface area (Å²) in [6.07, 6.45) is 3.05. The fraction of sp³-hybridized carbons (Fsp3) is 0.478. The number of ether oxygens (including phenoxy) is 2. The van der Waals surface area contributed by atoms with Crippen LogP contribution in [0.2, 0.25) is 5.02 Å². The van der Waals surface area contributed by atoms with Crippen LogP contribution < -0.4 is 20.5 Å². The van der Waals surface area contributed by atoms with Gasteiger partial charge in [0.15, 0.2) is 0 Å². The number of piperidine rings is 1. The monoisotopic (exact) mass is 489 g/mol. The summed E-state index contributed by atoms with van der Waals surface area (Å²) in [6.45, 7) is 2.23. The van der Waals surface area contributed by atoms with E-state index in [1.165, 1.54) is 6.20 Å². The van der Waals surface area contributed by atoms with E-state index in [1.807, 2.05) is 34.1 Å². The lowest BCUT2D eigenvalue weighted by Crippen LogP contribution is -2.47. The molecule has 2 aromatic rings. The summed E-state index contributed by atoms with van der Waals surface area (Å²) < 4.78 is 10.7. The van der Waals surface area contributed by atoms with Crippen molar-refractivity contribution in [2.24, 2.45) is 0 Å². The normalized spacial score (nSPS) is 18.6. The third-order valence-corrected chi connectivity index (χ3v) is 6.59. The lowest BCUT2D eigenvalue weighted by atomic mass is 10.0. The Kier molecular flexibility index (Phi) is 7.56. The first-order valence-electron chi connectivity index (χ1n) is 11.3. The van der Waals surface area contributed by atoms with E-state index in [2.05, 4.69) is 15.5 Å². The fourth-order valence-electron chi connectivity index (χ4n) is 4.29. The van der Waals surface area contributed by atoms with Crippen LogP contribution in [0.1, 0.15) is 24.8 Å². The molecule has 0 spiro atoms. The summed E-state index contributed by atoms with van der Waals surface area (Å²) in [5, 5.41) is 9.07. The molecule has 0 unspecified atom stereocenters. The van der Waals surface area contributed by atoms with Crippen LogP contribution in [-0.2, 0) is 16.0 Å². The van der Waals surface area contributed by atoms with Gasteiger partial charge in [-0.05, 0) is 30.5 Å². The number of methoxy groups -OCH3 is 1. The van der Waals surface area contributed by atoms with E-state index in [-0.39, 0.29) is 23.1 Å². The van der Waals surface area contributed by atoms with Crippen molar-refractivity contribution >= 4 is 29.3 Å². The highest BCUT2D eigenvalue weighted by Crippen LogP contribution is 2.26. The number of likely N-dealkylation sites (tertiary alicyclic amines) is 1. The predicted octanol–water partition coefficient (Wildman–Crippen LogP) is 1.97. The van der Waals surface area contributed by atoms with Gasteiger partial charge in [0.2, 0.25) is 5.91 Å². The lowest BCUT2D eigenvalue weighted by molar-refractivity contribution is -0.131. The van der Waals surface area contributed by atoms with Gasteiger partial charge < -0.3 is 24.6 Å². The maximum atomic E-state index is 12.6. The number of alkyl carbamates (subject to hydrolysis) is 1. The van der Waals surface area contributed by atoms with Gasteiger partial charge in [-0.15, -0.1) is 0 Å². The highest BCUT2D eigenvalue weighted by atomic mass is 35.5. The molecule has 2 fully saturated rings. The summed E-state index contributed by atoms with van der Waals surface area (Å²) in [4.78, 5) is 40.4. The predicted molar refractivity (Wildman–Crippen MR) is 126 cm³/mol. The number of rotatable bonds is 6. The molecule has 1 aromatic carbocycles. The Hall–Kier alpha value is -3.27. The molecule has 0 aliphatic carbocycles. The molecule has 11 heteroatoms. The van der Waals surface area contributed by atoms with Gasteiger partial charge in [0.1, 0.15) is 16.9 Å². The van der Waals surface area contributed by atoms with Crippen molar-refractivity contribution in [3.63, 3.8) is 0 Å². The van der Waals surface area contributed by atoms with Crippen LogP contribution in [0, 0.1) is 0 Å². The van der Waals surface area contributed by atoms with Crippen molar-refractivity contribution < 1.29 is 19.1 Å². The summed E-state index contributed by atoms with van der Waals surface area (Å²) in [6, 6.07) is 7.44. The Balaban J connectivity index is 1.19. The number of nitrogens with zero attached hydrogens (tertiary/aromatic N) is 3. The van der Waals surface area contributed by atoms with Gasteiger partial charge >= 0.3 is 6.09 Å². The smallest absolute Gasteiger partial charge is 0.407 e. The van der Waals surface area contributed by atoms with Crippen LogP contribution in [0.25, 0.3) is 0 Å². The van der Waals surface area contributed by atoms with Gasteiger partial charge in [-0.3, -0.25) is 9.59 Å². The molecule has 2 aliphatic rings. The van der Waals surface area contributed by atoms with E-state index < -0.39 is 11.7 Å². The zero-order valence-corrected chi connectivity index (χ0v) is 19.7. The number of benzene rings is 1. The molecule has 2 amide bonds. The number of anilines is 1. The summed E-state index contributed by atoms with van der Waals surface area (Å²) >= 11 is 6.07. The van der Waals surface area contributed by atoms with Crippen molar-refractivity contribution in [2.75, 3.05) is 38.2 Å². The number of hydrogen-bond donors (Lipinski definition) is 2. The number of aromatic amines is 1. The molecule has 1 atom stereocenters. The number of carbonyl (C=O) groups is 2. The Morgan fingerprint density at radius 1 is 1.18 bits per heavy atom. The lowest BCUT2D eigenvalue weighted by Gasteiger charge is -2.32. The number of H-pyrrole nitrogens is 1. The molecule has 0 radical (unpaired) electrons. The number of nitrogens with one attached hydrogen (secondary N) is 2. The first kappa shape index (κ1) is 23.9. The van der Waals surface area contributed by atoms with E-state index >= 15 is 0 Å². The van der Waals surface area contributed by atoms with Crippen molar-refractivity contribution in [2.45, 2.75) is 37.8 Å². The molecule has 1 aromatic heterocycles. The van der Waals surface area contributed by atoms with Crippen molar-refractivity contribution in [1.29, 1.82) is 0 Å². The minimum atomic E-state index is -0.468. The quantitative estimate of drug-likeness (QED) is 0.637. The minimum absolute atomic E-state index is 0.0404. The number of hydrogen-bond acceptors (Lipinski definition) is 7. The Bertz CT molecular complexity index is 1070. The first-order chi connectivity index (χ1) is 16.4. The van der Waals surface area contributed by atoms with E-state index in [1.54, 1.807) is 7.11 Å². The average Bonchev–Trinajstić information content (AvgIpc) is 3.29. The van der Waals surface area contributed by atoms with E-state index in [4.69, 9.17) is 21.1 Å². The maximum Gasteiger partial charge on any atom is 0.407 e. The fourth-order valence-corrected chi connectivity index (χ4v) is 4.50. The number of carbonyl (C=O) groups excluding carboxylic acids is 2. The van der Waals surface area contributed by atoms with Gasteiger partial charge in [-0.2, -0.15) is 5.10 Å². The Labute approximate surface area is 202 Å². The number of amides is 2. The molecule has 3 heterocycles. The minimum Gasteiger partial charge on any atom is -0.497 e. The van der Waals surface area contributed by atoms with Crippen LogP contribution in [0.3, 0.4) is 0 Å². The molecular weight excluding hydrogens is 462 g/mol. The van der Waals surface area contributed by atoms with Crippen molar-refractivity contribution in [3.8, 4) is 5.75 Å². The second-order valence-corrected chi connectivity index (χ2v) is 8.86. The molecule has 2 aliphatic heterocycles. The van der Waals surface area contributed by atoms with Crippen LogP contribution in [0.4, 0.5) is 10.5 Å². The van der Waals surface area contributed by atoms with Gasteiger partial charge in [0.25, 0.3) is 5.56 Å². The Morgan fingerprint density at radius 3 is 2.62 bits per heavy atom. The van der Waals surface area contributed by atoms with E-state index in [0.29, 0.717) is 57.5 Å². The van der Waals surface area contributed by atoms with Gasteiger partial charge in [0, 0.05) is 32.1 Å². The molecule has 2 N–H and O–H groups in total. The van der Waals surface area contributed by atoms with E-state index in [9.17, 15) is 14.4 Å². The molecule has 34 heavy (non-hydrogen) atoms. The average molecular weight is 490 g/mol. The molecule has 0 saturated carbocycles. The van der Waals surface area contributed by atoms with Gasteiger partial charge in [-0.1, -0.05) is 23.7 Å². The van der Waals surface area contributed by atoms with E-state index in [0.717, 1.165) is 11.3 Å². The van der Waals surface area contributed by atoms with Crippen LogP contribution in [0.15, 0.2) is 35.3 Å². The van der Waals surface area contributed by atoms with Gasteiger partial charge in [-0.25, -0.2) is 9.89 Å². The highest BCUT2D eigenvalue weighted by molar-refractivity contribution is 6.33. The molecule has 2 saturated heterocycles. The Morgan fingerprint density at radius 2 is 1.91 bits per heavy atom. The second-order valence-electron chi connectivity index (χ2n) is 8.48. The molecular formula is C23H28ClN5O5. The highest BCUT2D eigenvalue weighted by Gasteiger charge is 2.29. The maximum absolute atomic E-state index is 12.6. The largest absolute Gasteiger partial charge is 0.497 e. The standard InChI is InChI=1S/C23H28ClN5O5/c1-33-17-4-2-15(3-5-17)12-20(30)28-9-6-16(7-10-28)26-23(32)34-18-8-11-29(14-18)19-13-25-27-22(31)21(19)24/h2-5,13,16,18H,6-12,14H2,1H3,(H,26,32)(H,27,31)/t18-/m1/s1. The van der Waals surface area contributed by atoms with Crippen LogP contribution in [0.5, 0.6) is 5.75 Å². The topological polar surface area (TPSA) is 117 Å². The third kappa shape index (κ3) is 5.80. The number of halogens is 1. The second kappa shape index (κ2) is 10.8. The van der Waals surface area contributed by atoms with Crippen molar-refractivity contribution in [3.05, 3.63) is 51.4 Å². The summed E-state index contributed by atoms with van der Waals surface area (Å²) in [5.41, 5.74) is 1.02. The molecule has 4 rings (SSSR count). The molecule has 0 bridgehead atoms. The third-order valence-electron chi connectivity index (χ3n) is 6.22. The zero-order valence-electron chi connectivity index (χ0n) is 19.0. The molecule has 182 valence electrons. The SMILES string of the molecule is COc1ccc(CC(=O)N2CCC(NC(=O)O[C@@H]3CCN(c4cn[nH]c(=O)c4Cl)C3)CC2)cc1.